The molecule has 8 heteroatoms. The third-order valence-corrected chi connectivity index (χ3v) is 5.60. The highest BCUT2D eigenvalue weighted by Crippen LogP contribution is 2.39. The van der Waals surface area contributed by atoms with E-state index < -0.39 is 5.82 Å². The molecule has 0 aliphatic heterocycles. The van der Waals surface area contributed by atoms with Gasteiger partial charge in [-0.25, -0.2) is 14.2 Å². The maximum Gasteiger partial charge on any atom is 0.319 e. The average molecular weight is 444 g/mol. The summed E-state index contributed by atoms with van der Waals surface area (Å²) in [6, 6.07) is 8.32. The monoisotopic (exact) mass is 443 g/mol. The fourth-order valence-corrected chi connectivity index (χ4v) is 4.10. The van der Waals surface area contributed by atoms with E-state index in [0.29, 0.717) is 0 Å². The molecule has 0 saturated heterocycles. The number of anilines is 2. The number of carbonyl (C=O) groups excluding carboxylic acids is 1. The molecule has 3 aromatic rings. The van der Waals surface area contributed by atoms with Crippen LogP contribution in [-0.4, -0.2) is 29.1 Å². The minimum Gasteiger partial charge on any atom is -0.373 e. The van der Waals surface area contributed by atoms with Crippen LogP contribution in [0.2, 0.25) is 0 Å². The Bertz CT molecular complexity index is 1130. The molecular formula is C23H27ClFN5O. The van der Waals surface area contributed by atoms with Gasteiger partial charge in [0, 0.05) is 42.0 Å². The fourth-order valence-electron chi connectivity index (χ4n) is 4.10. The van der Waals surface area contributed by atoms with Crippen LogP contribution in [0.5, 0.6) is 0 Å². The Balaban J connectivity index is 0.00000272. The van der Waals surface area contributed by atoms with Gasteiger partial charge in [-0.15, -0.1) is 12.4 Å². The van der Waals surface area contributed by atoms with Crippen LogP contribution in [0.1, 0.15) is 32.4 Å². The number of hydrogen-bond acceptors (Lipinski definition) is 4. The minimum atomic E-state index is -0.477. The number of benzene rings is 1. The summed E-state index contributed by atoms with van der Waals surface area (Å²) >= 11 is 0. The number of nitrogens with zero attached hydrogens (tertiary/aromatic N) is 2. The van der Waals surface area contributed by atoms with Gasteiger partial charge in [0.1, 0.15) is 11.6 Å². The van der Waals surface area contributed by atoms with E-state index in [1.54, 1.807) is 18.3 Å². The SMILES string of the molecule is CNc1cc2nc(C)c(-c3ccc(F)c(NC(=O)NC4CC(C)(C)C4)c3)cc2cn1.Cl. The van der Waals surface area contributed by atoms with Gasteiger partial charge in [0.15, 0.2) is 0 Å². The smallest absolute Gasteiger partial charge is 0.319 e. The lowest BCUT2D eigenvalue weighted by atomic mass is 9.68. The summed E-state index contributed by atoms with van der Waals surface area (Å²) in [5.74, 6) is 0.269. The van der Waals surface area contributed by atoms with E-state index >= 15 is 0 Å². The second kappa shape index (κ2) is 8.67. The lowest BCUT2D eigenvalue weighted by molar-refractivity contribution is 0.132. The molecule has 0 radical (unpaired) electrons. The number of nitrogens with one attached hydrogen (secondary N) is 3. The van der Waals surface area contributed by atoms with Crippen LogP contribution < -0.4 is 16.0 Å². The highest BCUT2D eigenvalue weighted by atomic mass is 35.5. The van der Waals surface area contributed by atoms with E-state index in [-0.39, 0.29) is 35.6 Å². The van der Waals surface area contributed by atoms with Gasteiger partial charge >= 0.3 is 6.03 Å². The summed E-state index contributed by atoms with van der Waals surface area (Å²) in [5.41, 5.74) is 3.69. The van der Waals surface area contributed by atoms with Gasteiger partial charge < -0.3 is 16.0 Å². The van der Waals surface area contributed by atoms with Crippen molar-refractivity contribution in [3.63, 3.8) is 0 Å². The van der Waals surface area contributed by atoms with E-state index in [2.05, 4.69) is 39.8 Å². The first-order chi connectivity index (χ1) is 14.2. The molecule has 1 fully saturated rings. The van der Waals surface area contributed by atoms with Crippen molar-refractivity contribution in [3.8, 4) is 11.1 Å². The zero-order valence-electron chi connectivity index (χ0n) is 18.0. The highest BCUT2D eigenvalue weighted by molar-refractivity contribution is 5.91. The first-order valence-electron chi connectivity index (χ1n) is 10.1. The van der Waals surface area contributed by atoms with E-state index in [0.717, 1.165) is 46.4 Å². The Morgan fingerprint density at radius 2 is 1.94 bits per heavy atom. The molecule has 0 unspecified atom stereocenters. The lowest BCUT2D eigenvalue weighted by Gasteiger charge is -2.42. The van der Waals surface area contributed by atoms with Gasteiger partial charge in [0.25, 0.3) is 0 Å². The Labute approximate surface area is 187 Å². The predicted octanol–water partition coefficient (Wildman–Crippen LogP) is 5.52. The number of carbonyl (C=O) groups is 1. The van der Waals surface area contributed by atoms with Crippen molar-refractivity contribution in [3.05, 3.63) is 48.0 Å². The molecule has 2 amide bonds. The van der Waals surface area contributed by atoms with Gasteiger partial charge in [-0.1, -0.05) is 19.9 Å². The quantitative estimate of drug-likeness (QED) is 0.496. The standard InChI is InChI=1S/C23H26FN5O.ClH/c1-13-17(7-15-12-26-21(25-4)9-19(15)27-13)14-5-6-18(24)20(8-14)29-22(30)28-16-10-23(2,3)11-16;/h5-9,12,16H,10-11H2,1-4H3,(H,25,26)(H2,28,29,30);1H. The molecular weight excluding hydrogens is 417 g/mol. The van der Waals surface area contributed by atoms with Crippen LogP contribution in [-0.2, 0) is 0 Å². The topological polar surface area (TPSA) is 78.9 Å². The number of rotatable bonds is 4. The Morgan fingerprint density at radius 1 is 1.19 bits per heavy atom. The van der Waals surface area contributed by atoms with Crippen LogP contribution >= 0.6 is 12.4 Å². The number of urea groups is 1. The zero-order chi connectivity index (χ0) is 21.5. The predicted molar refractivity (Wildman–Crippen MR) is 125 cm³/mol. The van der Waals surface area contributed by atoms with Crippen molar-refractivity contribution in [2.75, 3.05) is 17.7 Å². The Morgan fingerprint density at radius 3 is 2.61 bits per heavy atom. The molecule has 31 heavy (non-hydrogen) atoms. The number of fused-ring (bicyclic) bond motifs is 1. The molecule has 1 aliphatic carbocycles. The molecule has 2 heterocycles. The van der Waals surface area contributed by atoms with Crippen LogP contribution in [0.25, 0.3) is 22.0 Å². The summed E-state index contributed by atoms with van der Waals surface area (Å²) in [6.45, 7) is 6.25. The molecule has 1 aromatic carbocycles. The van der Waals surface area contributed by atoms with Crippen molar-refractivity contribution in [2.45, 2.75) is 39.7 Å². The normalized spacial score (nSPS) is 15.0. The van der Waals surface area contributed by atoms with Crippen LogP contribution in [0.4, 0.5) is 20.7 Å². The molecule has 164 valence electrons. The number of aryl methyl sites for hydroxylation is 1. The molecule has 3 N–H and O–H groups in total. The molecule has 0 spiro atoms. The van der Waals surface area contributed by atoms with Crippen molar-refractivity contribution in [1.82, 2.24) is 15.3 Å². The lowest BCUT2D eigenvalue weighted by Crippen LogP contribution is -2.49. The van der Waals surface area contributed by atoms with Gasteiger partial charge in [0.05, 0.1) is 11.2 Å². The first-order valence-corrected chi connectivity index (χ1v) is 10.1. The van der Waals surface area contributed by atoms with Gasteiger partial charge in [-0.2, -0.15) is 0 Å². The molecule has 1 aliphatic rings. The summed E-state index contributed by atoms with van der Waals surface area (Å²) in [7, 11) is 1.81. The number of halogens is 2. The van der Waals surface area contributed by atoms with Crippen molar-refractivity contribution >= 4 is 40.8 Å². The summed E-state index contributed by atoms with van der Waals surface area (Å²) in [5, 5.41) is 9.45. The van der Waals surface area contributed by atoms with Crippen LogP contribution in [0, 0.1) is 18.2 Å². The van der Waals surface area contributed by atoms with E-state index in [4.69, 9.17) is 0 Å². The third-order valence-electron chi connectivity index (χ3n) is 5.60. The van der Waals surface area contributed by atoms with E-state index in [9.17, 15) is 9.18 Å². The fraction of sp³-hybridized carbons (Fsp3) is 0.348. The number of aromatic nitrogens is 2. The largest absolute Gasteiger partial charge is 0.373 e. The van der Waals surface area contributed by atoms with Crippen molar-refractivity contribution < 1.29 is 9.18 Å². The third kappa shape index (κ3) is 4.88. The maximum atomic E-state index is 14.4. The summed E-state index contributed by atoms with van der Waals surface area (Å²) < 4.78 is 14.4. The maximum absolute atomic E-state index is 14.4. The van der Waals surface area contributed by atoms with Gasteiger partial charge in [0.2, 0.25) is 0 Å². The van der Waals surface area contributed by atoms with Crippen molar-refractivity contribution in [1.29, 1.82) is 0 Å². The molecule has 1 saturated carbocycles. The van der Waals surface area contributed by atoms with Crippen LogP contribution in [0.3, 0.4) is 0 Å². The molecule has 4 rings (SSSR count). The Kier molecular flexibility index (Phi) is 6.36. The molecule has 6 nitrogen and oxygen atoms in total. The Hall–Kier alpha value is -2.93. The minimum absolute atomic E-state index is 0. The van der Waals surface area contributed by atoms with Gasteiger partial charge in [-0.3, -0.25) is 4.98 Å². The second-order valence-corrected chi connectivity index (χ2v) is 8.70. The van der Waals surface area contributed by atoms with E-state index in [1.165, 1.54) is 6.07 Å². The summed E-state index contributed by atoms with van der Waals surface area (Å²) in [6.07, 6.45) is 3.61. The number of pyridine rings is 2. The molecule has 0 atom stereocenters. The van der Waals surface area contributed by atoms with Gasteiger partial charge in [-0.05, 0) is 48.9 Å². The second-order valence-electron chi connectivity index (χ2n) is 8.70. The average Bonchev–Trinajstić information content (AvgIpc) is 2.67. The molecule has 2 aromatic heterocycles. The summed E-state index contributed by atoms with van der Waals surface area (Å²) in [4.78, 5) is 21.3. The van der Waals surface area contributed by atoms with Crippen LogP contribution in [0.15, 0.2) is 36.5 Å². The highest BCUT2D eigenvalue weighted by Gasteiger charge is 2.36. The van der Waals surface area contributed by atoms with Crippen molar-refractivity contribution in [2.24, 2.45) is 5.41 Å². The first kappa shape index (κ1) is 22.7. The number of amides is 2. The zero-order valence-corrected chi connectivity index (χ0v) is 18.9. The number of hydrogen-bond donors (Lipinski definition) is 3. The van der Waals surface area contributed by atoms with E-state index in [1.807, 2.05) is 26.1 Å². The molecule has 0 bridgehead atoms.